The fourth-order valence-corrected chi connectivity index (χ4v) is 2.64. The van der Waals surface area contributed by atoms with Crippen molar-refractivity contribution in [3.63, 3.8) is 0 Å². The van der Waals surface area contributed by atoms with E-state index in [9.17, 15) is 4.79 Å². The van der Waals surface area contributed by atoms with Crippen LogP contribution < -0.4 is 0 Å². The molecule has 104 valence electrons. The molecule has 0 heterocycles. The lowest BCUT2D eigenvalue weighted by molar-refractivity contribution is -0.133. The molecule has 2 rings (SSSR count). The summed E-state index contributed by atoms with van der Waals surface area (Å²) in [6.45, 7) is 0.978. The largest absolute Gasteiger partial charge is 0.395 e. The average Bonchev–Trinajstić information content (AvgIpc) is 3.20. The van der Waals surface area contributed by atoms with E-state index in [1.54, 1.807) is 4.90 Å². The van der Waals surface area contributed by atoms with E-state index >= 15 is 0 Å². The van der Waals surface area contributed by atoms with Crippen LogP contribution in [0.4, 0.5) is 0 Å². The zero-order valence-corrected chi connectivity index (χ0v) is 12.0. The van der Waals surface area contributed by atoms with Crippen LogP contribution in [0.2, 0.25) is 0 Å². The van der Waals surface area contributed by atoms with Gasteiger partial charge in [-0.3, -0.25) is 4.79 Å². The highest BCUT2D eigenvalue weighted by atomic mass is 32.1. The minimum atomic E-state index is 0.00640. The van der Waals surface area contributed by atoms with Crippen LogP contribution in [-0.2, 0) is 11.3 Å². The van der Waals surface area contributed by atoms with Gasteiger partial charge in [-0.15, -0.1) is 0 Å². The summed E-state index contributed by atoms with van der Waals surface area (Å²) in [6, 6.07) is 9.90. The maximum atomic E-state index is 12.3. The van der Waals surface area contributed by atoms with Crippen LogP contribution in [-0.4, -0.2) is 34.8 Å². The van der Waals surface area contributed by atoms with Crippen molar-refractivity contribution < 1.29 is 9.90 Å². The Bertz CT molecular complexity index is 417. The third-order valence-corrected chi connectivity index (χ3v) is 4.43. The molecule has 1 aliphatic rings. The van der Waals surface area contributed by atoms with Gasteiger partial charge in [-0.2, -0.15) is 12.6 Å². The minimum Gasteiger partial charge on any atom is -0.395 e. The number of aliphatic hydroxyl groups is 1. The van der Waals surface area contributed by atoms with Gasteiger partial charge in [0, 0.05) is 19.5 Å². The Balaban J connectivity index is 1.97. The summed E-state index contributed by atoms with van der Waals surface area (Å²) < 4.78 is 0. The maximum absolute atomic E-state index is 12.3. The lowest BCUT2D eigenvalue weighted by Gasteiger charge is -2.24. The first kappa shape index (κ1) is 14.4. The SMILES string of the molecule is O=C(CC1(CS)CC1)N(CCO)Cc1ccccc1. The van der Waals surface area contributed by atoms with Crippen molar-refractivity contribution >= 4 is 18.5 Å². The van der Waals surface area contributed by atoms with E-state index in [4.69, 9.17) is 5.11 Å². The normalized spacial score (nSPS) is 16.1. The van der Waals surface area contributed by atoms with E-state index in [1.165, 1.54) is 0 Å². The van der Waals surface area contributed by atoms with Crippen LogP contribution in [0.1, 0.15) is 24.8 Å². The van der Waals surface area contributed by atoms with E-state index in [2.05, 4.69) is 12.6 Å². The van der Waals surface area contributed by atoms with E-state index in [0.29, 0.717) is 19.5 Å². The van der Waals surface area contributed by atoms with Crippen molar-refractivity contribution in [3.8, 4) is 0 Å². The maximum Gasteiger partial charge on any atom is 0.223 e. The van der Waals surface area contributed by atoms with Crippen LogP contribution in [0.15, 0.2) is 30.3 Å². The van der Waals surface area contributed by atoms with Gasteiger partial charge in [0.2, 0.25) is 5.91 Å². The van der Waals surface area contributed by atoms with Gasteiger partial charge in [0.25, 0.3) is 0 Å². The van der Waals surface area contributed by atoms with Gasteiger partial charge in [-0.05, 0) is 29.6 Å². The molecule has 3 nitrogen and oxygen atoms in total. The number of amides is 1. The van der Waals surface area contributed by atoms with Crippen LogP contribution in [0.3, 0.4) is 0 Å². The number of aliphatic hydroxyl groups excluding tert-OH is 1. The number of hydrogen-bond acceptors (Lipinski definition) is 3. The van der Waals surface area contributed by atoms with E-state index < -0.39 is 0 Å². The van der Waals surface area contributed by atoms with Gasteiger partial charge in [0.15, 0.2) is 0 Å². The van der Waals surface area contributed by atoms with Crippen molar-refractivity contribution in [1.29, 1.82) is 0 Å². The monoisotopic (exact) mass is 279 g/mol. The fourth-order valence-electron chi connectivity index (χ4n) is 2.22. The van der Waals surface area contributed by atoms with Gasteiger partial charge >= 0.3 is 0 Å². The first-order valence-electron chi connectivity index (χ1n) is 6.72. The Hall–Kier alpha value is -1.00. The third-order valence-electron chi connectivity index (χ3n) is 3.76. The van der Waals surface area contributed by atoms with Gasteiger partial charge < -0.3 is 10.0 Å². The number of thiol groups is 1. The predicted octanol–water partition coefficient (Wildman–Crippen LogP) is 2.11. The Morgan fingerprint density at radius 2 is 2.00 bits per heavy atom. The standard InChI is InChI=1S/C15H21NO2S/c17-9-8-16(11-13-4-2-1-3-5-13)14(18)10-15(12-19)6-7-15/h1-5,17,19H,6-12H2. The molecule has 0 bridgehead atoms. The molecule has 0 spiro atoms. The summed E-state index contributed by atoms with van der Waals surface area (Å²) in [6.07, 6.45) is 2.75. The topological polar surface area (TPSA) is 40.5 Å². The van der Waals surface area contributed by atoms with E-state index in [0.717, 1.165) is 24.2 Å². The second-order valence-electron chi connectivity index (χ2n) is 5.36. The number of rotatable bonds is 7. The molecule has 1 aromatic carbocycles. The highest BCUT2D eigenvalue weighted by Crippen LogP contribution is 2.49. The predicted molar refractivity (Wildman–Crippen MR) is 79.1 cm³/mol. The highest BCUT2D eigenvalue weighted by Gasteiger charge is 2.43. The molecule has 1 aliphatic carbocycles. The van der Waals surface area contributed by atoms with Crippen molar-refractivity contribution in [2.24, 2.45) is 5.41 Å². The van der Waals surface area contributed by atoms with Crippen molar-refractivity contribution in [1.82, 2.24) is 4.90 Å². The molecule has 1 saturated carbocycles. The average molecular weight is 279 g/mol. The molecule has 0 aromatic heterocycles. The lowest BCUT2D eigenvalue weighted by atomic mass is 10.0. The zero-order chi connectivity index (χ0) is 13.7. The quantitative estimate of drug-likeness (QED) is 0.751. The molecule has 1 aromatic rings. The van der Waals surface area contributed by atoms with E-state index in [1.807, 2.05) is 30.3 Å². The smallest absolute Gasteiger partial charge is 0.223 e. The second-order valence-corrected chi connectivity index (χ2v) is 5.68. The van der Waals surface area contributed by atoms with Gasteiger partial charge in [0.1, 0.15) is 0 Å². The number of hydrogen-bond donors (Lipinski definition) is 2. The number of carbonyl (C=O) groups excluding carboxylic acids is 1. The molecule has 0 aliphatic heterocycles. The molecule has 0 unspecified atom stereocenters. The minimum absolute atomic E-state index is 0.00640. The van der Waals surface area contributed by atoms with Gasteiger partial charge in [-0.25, -0.2) is 0 Å². The summed E-state index contributed by atoms with van der Waals surface area (Å²) >= 11 is 4.34. The number of nitrogens with zero attached hydrogens (tertiary/aromatic N) is 1. The first-order chi connectivity index (χ1) is 9.19. The molecule has 19 heavy (non-hydrogen) atoms. The van der Waals surface area contributed by atoms with Gasteiger partial charge in [-0.1, -0.05) is 30.3 Å². The Kier molecular flexibility index (Phi) is 4.88. The number of carbonyl (C=O) groups is 1. The van der Waals surface area contributed by atoms with Gasteiger partial charge in [0.05, 0.1) is 6.61 Å². The molecule has 4 heteroatoms. The summed E-state index contributed by atoms with van der Waals surface area (Å²) in [5.41, 5.74) is 1.23. The molecule has 0 radical (unpaired) electrons. The van der Waals surface area contributed by atoms with E-state index in [-0.39, 0.29) is 17.9 Å². The zero-order valence-electron chi connectivity index (χ0n) is 11.1. The Morgan fingerprint density at radius 1 is 1.32 bits per heavy atom. The molecular weight excluding hydrogens is 258 g/mol. The summed E-state index contributed by atoms with van der Waals surface area (Å²) in [5.74, 6) is 0.904. The fraction of sp³-hybridized carbons (Fsp3) is 0.533. The van der Waals surface area contributed by atoms with Crippen LogP contribution >= 0.6 is 12.6 Å². The van der Waals surface area contributed by atoms with Crippen molar-refractivity contribution in [3.05, 3.63) is 35.9 Å². The first-order valence-corrected chi connectivity index (χ1v) is 7.36. The summed E-state index contributed by atoms with van der Waals surface area (Å²) in [4.78, 5) is 14.1. The second kappa shape index (κ2) is 6.44. The van der Waals surface area contributed by atoms with Crippen LogP contribution in [0, 0.1) is 5.41 Å². The molecule has 1 fully saturated rings. The molecular formula is C15H21NO2S. The molecule has 0 saturated heterocycles. The third kappa shape index (κ3) is 3.98. The molecule has 1 N–H and O–H groups in total. The summed E-state index contributed by atoms with van der Waals surface area (Å²) in [7, 11) is 0. The van der Waals surface area contributed by atoms with Crippen LogP contribution in [0.25, 0.3) is 0 Å². The van der Waals surface area contributed by atoms with Crippen molar-refractivity contribution in [2.75, 3.05) is 18.9 Å². The summed E-state index contributed by atoms with van der Waals surface area (Å²) in [5, 5.41) is 9.13. The van der Waals surface area contributed by atoms with Crippen LogP contribution in [0.5, 0.6) is 0 Å². The Morgan fingerprint density at radius 3 is 2.53 bits per heavy atom. The highest BCUT2D eigenvalue weighted by molar-refractivity contribution is 7.80. The number of benzene rings is 1. The molecule has 1 amide bonds. The Labute approximate surface area is 120 Å². The van der Waals surface area contributed by atoms with Crippen molar-refractivity contribution in [2.45, 2.75) is 25.8 Å². The molecule has 0 atom stereocenters. The lowest BCUT2D eigenvalue weighted by Crippen LogP contribution is -2.34.